The Hall–Kier alpha value is -2.49. The van der Waals surface area contributed by atoms with Crippen molar-refractivity contribution >= 4 is 39.0 Å². The summed E-state index contributed by atoms with van der Waals surface area (Å²) < 4.78 is 43.9. The number of aromatic nitrogens is 2. The molecule has 8 nitrogen and oxygen atoms in total. The van der Waals surface area contributed by atoms with Gasteiger partial charge in [0.15, 0.2) is 17.3 Å². The Balaban J connectivity index is 1.76. The van der Waals surface area contributed by atoms with Gasteiger partial charge in [-0.25, -0.2) is 17.7 Å². The Morgan fingerprint density at radius 1 is 1.14 bits per heavy atom. The maximum absolute atomic E-state index is 13.3. The van der Waals surface area contributed by atoms with E-state index in [1.165, 1.54) is 24.4 Å². The molecule has 1 aliphatic rings. The number of anilines is 1. The van der Waals surface area contributed by atoms with Crippen molar-refractivity contribution in [2.45, 2.75) is 18.4 Å². The Kier molecular flexibility index (Phi) is 5.28. The summed E-state index contributed by atoms with van der Waals surface area (Å²) in [5, 5.41) is 4.39. The number of pyridine rings is 1. The molecule has 0 amide bonds. The number of hydrogen-bond acceptors (Lipinski definition) is 7. The van der Waals surface area contributed by atoms with Crippen LogP contribution in [-0.4, -0.2) is 31.8 Å². The molecule has 0 atom stereocenters. The number of aryl methyl sites for hydroxylation is 1. The molecule has 0 aliphatic carbocycles. The molecular weight excluding hydrogens is 441 g/mol. The summed E-state index contributed by atoms with van der Waals surface area (Å²) in [6.45, 7) is 2.39. The second kappa shape index (κ2) is 7.74. The number of rotatable bonds is 5. The normalized spacial score (nSPS) is 13.3. The molecule has 152 valence electrons. The zero-order valence-corrected chi connectivity index (χ0v) is 17.5. The highest BCUT2D eigenvalue weighted by Crippen LogP contribution is 2.39. The number of fused-ring (bicyclic) bond motifs is 1. The lowest BCUT2D eigenvalue weighted by Crippen LogP contribution is -2.31. The minimum absolute atomic E-state index is 0.0359. The molecule has 11 heteroatoms. The maximum atomic E-state index is 13.3. The summed E-state index contributed by atoms with van der Waals surface area (Å²) in [6, 6.07) is 7.63. The standard InChI is InChI=1S/C18H15Cl2N3O5S/c1-11-6-17(22-28-11)23(29(24,25)13-2-3-16(20)21-9-13)10-12-7-14(19)18-15(8-12)26-4-5-27-18/h2-3,6-9H,4-5,10H2,1H3. The quantitative estimate of drug-likeness (QED) is 0.539. The molecule has 4 rings (SSSR count). The van der Waals surface area contributed by atoms with Gasteiger partial charge in [0.1, 0.15) is 29.0 Å². The zero-order chi connectivity index (χ0) is 20.6. The molecule has 3 aromatic rings. The van der Waals surface area contributed by atoms with Crippen molar-refractivity contribution in [2.24, 2.45) is 0 Å². The summed E-state index contributed by atoms with van der Waals surface area (Å²) in [5.41, 5.74) is 0.588. The number of halogens is 2. The van der Waals surface area contributed by atoms with Gasteiger partial charge in [0.2, 0.25) is 0 Å². The number of ether oxygens (including phenoxy) is 2. The van der Waals surface area contributed by atoms with E-state index in [0.717, 1.165) is 4.31 Å². The fraction of sp³-hybridized carbons (Fsp3) is 0.222. The zero-order valence-electron chi connectivity index (χ0n) is 15.1. The lowest BCUT2D eigenvalue weighted by Gasteiger charge is -2.24. The lowest BCUT2D eigenvalue weighted by molar-refractivity contribution is 0.171. The summed E-state index contributed by atoms with van der Waals surface area (Å²) in [7, 11) is -4.02. The van der Waals surface area contributed by atoms with Crippen molar-refractivity contribution in [3.8, 4) is 11.5 Å². The Labute approximate surface area is 177 Å². The third-order valence-corrected chi connectivity index (χ3v) is 6.38. The molecule has 0 bridgehead atoms. The van der Waals surface area contributed by atoms with Crippen molar-refractivity contribution in [1.82, 2.24) is 10.1 Å². The van der Waals surface area contributed by atoms with Crippen LogP contribution in [0.1, 0.15) is 11.3 Å². The van der Waals surface area contributed by atoms with E-state index in [2.05, 4.69) is 10.1 Å². The van der Waals surface area contributed by atoms with E-state index in [9.17, 15) is 8.42 Å². The first-order valence-corrected chi connectivity index (χ1v) is 10.7. The van der Waals surface area contributed by atoms with Crippen molar-refractivity contribution in [3.05, 3.63) is 58.0 Å². The average Bonchev–Trinajstić information content (AvgIpc) is 3.12. The van der Waals surface area contributed by atoms with Crippen molar-refractivity contribution in [3.63, 3.8) is 0 Å². The predicted molar refractivity (Wildman–Crippen MR) is 106 cm³/mol. The van der Waals surface area contributed by atoms with Crippen LogP contribution >= 0.6 is 23.2 Å². The third-order valence-electron chi connectivity index (χ3n) is 4.14. The van der Waals surface area contributed by atoms with Crippen LogP contribution in [0.3, 0.4) is 0 Å². The number of sulfonamides is 1. The highest BCUT2D eigenvalue weighted by atomic mass is 35.5. The van der Waals surface area contributed by atoms with E-state index >= 15 is 0 Å². The maximum Gasteiger partial charge on any atom is 0.267 e. The molecule has 1 aliphatic heterocycles. The fourth-order valence-electron chi connectivity index (χ4n) is 2.82. The van der Waals surface area contributed by atoms with Gasteiger partial charge in [-0.2, -0.15) is 0 Å². The van der Waals surface area contributed by atoms with Gasteiger partial charge in [-0.05, 0) is 36.8 Å². The van der Waals surface area contributed by atoms with Crippen LogP contribution in [0.15, 0.2) is 45.9 Å². The van der Waals surface area contributed by atoms with Crippen molar-refractivity contribution in [2.75, 3.05) is 17.5 Å². The number of benzene rings is 1. The van der Waals surface area contributed by atoms with Crippen LogP contribution in [0.2, 0.25) is 10.2 Å². The topological polar surface area (TPSA) is 94.8 Å². The van der Waals surface area contributed by atoms with Crippen LogP contribution in [0.25, 0.3) is 0 Å². The molecule has 0 N–H and O–H groups in total. The van der Waals surface area contributed by atoms with Gasteiger partial charge in [-0.1, -0.05) is 28.4 Å². The molecule has 29 heavy (non-hydrogen) atoms. The van der Waals surface area contributed by atoms with Gasteiger partial charge in [0, 0.05) is 12.3 Å². The van der Waals surface area contributed by atoms with Gasteiger partial charge in [0.05, 0.1) is 11.6 Å². The Morgan fingerprint density at radius 2 is 1.93 bits per heavy atom. The predicted octanol–water partition coefficient (Wildman–Crippen LogP) is 3.85. The molecule has 0 saturated carbocycles. The SMILES string of the molecule is Cc1cc(N(Cc2cc(Cl)c3c(c2)OCCO3)S(=O)(=O)c2ccc(Cl)nc2)no1. The summed E-state index contributed by atoms with van der Waals surface area (Å²) in [5.74, 6) is 1.49. The van der Waals surface area contributed by atoms with E-state index in [-0.39, 0.29) is 22.4 Å². The Bertz CT molecular complexity index is 1150. The summed E-state index contributed by atoms with van der Waals surface area (Å²) >= 11 is 12.1. The van der Waals surface area contributed by atoms with Crippen molar-refractivity contribution < 1.29 is 22.4 Å². The van der Waals surface area contributed by atoms with Gasteiger partial charge < -0.3 is 14.0 Å². The van der Waals surface area contributed by atoms with Crippen LogP contribution < -0.4 is 13.8 Å². The molecular formula is C18H15Cl2N3O5S. The second-order valence-electron chi connectivity index (χ2n) is 6.23. The van der Waals surface area contributed by atoms with Crippen LogP contribution in [0.4, 0.5) is 5.82 Å². The van der Waals surface area contributed by atoms with E-state index in [4.69, 9.17) is 37.2 Å². The highest BCUT2D eigenvalue weighted by Gasteiger charge is 2.29. The number of nitrogens with zero attached hydrogens (tertiary/aromatic N) is 3. The van der Waals surface area contributed by atoms with Gasteiger partial charge in [-0.3, -0.25) is 0 Å². The van der Waals surface area contributed by atoms with Crippen LogP contribution in [0, 0.1) is 6.92 Å². The molecule has 0 spiro atoms. The Morgan fingerprint density at radius 3 is 2.62 bits per heavy atom. The smallest absolute Gasteiger partial charge is 0.267 e. The molecule has 0 fully saturated rings. The van der Waals surface area contributed by atoms with E-state index in [1.54, 1.807) is 19.1 Å². The minimum Gasteiger partial charge on any atom is -0.486 e. The van der Waals surface area contributed by atoms with E-state index in [0.29, 0.717) is 41.1 Å². The first-order valence-electron chi connectivity index (χ1n) is 8.50. The fourth-order valence-corrected chi connectivity index (χ4v) is 4.55. The van der Waals surface area contributed by atoms with Gasteiger partial charge >= 0.3 is 0 Å². The largest absolute Gasteiger partial charge is 0.486 e. The van der Waals surface area contributed by atoms with E-state index < -0.39 is 10.0 Å². The molecule has 0 unspecified atom stereocenters. The molecule has 0 radical (unpaired) electrons. The monoisotopic (exact) mass is 455 g/mol. The van der Waals surface area contributed by atoms with E-state index in [1.807, 2.05) is 0 Å². The number of hydrogen-bond donors (Lipinski definition) is 0. The van der Waals surface area contributed by atoms with Crippen molar-refractivity contribution in [1.29, 1.82) is 0 Å². The first-order chi connectivity index (χ1) is 13.8. The van der Waals surface area contributed by atoms with Gasteiger partial charge in [0.25, 0.3) is 10.0 Å². The molecule has 0 saturated heterocycles. The summed E-state index contributed by atoms with van der Waals surface area (Å²) in [4.78, 5) is 3.83. The first kappa shape index (κ1) is 19.8. The van der Waals surface area contributed by atoms with Gasteiger partial charge in [-0.15, -0.1) is 0 Å². The van der Waals surface area contributed by atoms with Crippen LogP contribution in [0.5, 0.6) is 11.5 Å². The van der Waals surface area contributed by atoms with Crippen LogP contribution in [-0.2, 0) is 16.6 Å². The minimum atomic E-state index is -4.02. The molecule has 1 aromatic carbocycles. The summed E-state index contributed by atoms with van der Waals surface area (Å²) in [6.07, 6.45) is 1.19. The average molecular weight is 456 g/mol. The highest BCUT2D eigenvalue weighted by molar-refractivity contribution is 7.92. The lowest BCUT2D eigenvalue weighted by atomic mass is 10.2. The molecule has 3 heterocycles. The third kappa shape index (κ3) is 3.98. The second-order valence-corrected chi connectivity index (χ2v) is 8.88. The molecule has 2 aromatic heterocycles.